The van der Waals surface area contributed by atoms with Crippen molar-refractivity contribution in [2.24, 2.45) is 0 Å². The molecular weight excluding hydrogens is 314 g/mol. The van der Waals surface area contributed by atoms with Crippen molar-refractivity contribution in [1.29, 1.82) is 0 Å². The summed E-state index contributed by atoms with van der Waals surface area (Å²) in [6, 6.07) is 22.0. The molecule has 4 aromatic rings. The molecule has 0 aliphatic heterocycles. The fourth-order valence-electron chi connectivity index (χ4n) is 2.57. The zero-order valence-electron chi connectivity index (χ0n) is 13.6. The summed E-state index contributed by atoms with van der Waals surface area (Å²) in [6.45, 7) is 1.97. The van der Waals surface area contributed by atoms with Crippen LogP contribution in [-0.2, 0) is 0 Å². The Kier molecular flexibility index (Phi) is 3.74. The average molecular weight is 329 g/mol. The van der Waals surface area contributed by atoms with Crippen LogP contribution in [0.2, 0.25) is 0 Å². The lowest BCUT2D eigenvalue weighted by Gasteiger charge is -2.10. The number of esters is 1. The zero-order valence-corrected chi connectivity index (χ0v) is 13.6. The van der Waals surface area contributed by atoms with Crippen molar-refractivity contribution in [3.05, 3.63) is 83.9 Å². The predicted molar refractivity (Wildman–Crippen MR) is 95.0 cm³/mol. The van der Waals surface area contributed by atoms with E-state index in [0.717, 1.165) is 16.6 Å². The van der Waals surface area contributed by atoms with Crippen molar-refractivity contribution < 1.29 is 9.53 Å². The third-order valence-corrected chi connectivity index (χ3v) is 3.83. The molecule has 0 bridgehead atoms. The van der Waals surface area contributed by atoms with Gasteiger partial charge in [-0.1, -0.05) is 36.4 Å². The molecule has 1 aromatic heterocycles. The maximum Gasteiger partial charge on any atom is 0.343 e. The molecule has 0 N–H and O–H groups in total. The van der Waals surface area contributed by atoms with Gasteiger partial charge >= 0.3 is 5.97 Å². The lowest BCUT2D eigenvalue weighted by Crippen LogP contribution is -2.11. The Labute approximate surface area is 144 Å². The minimum absolute atomic E-state index is 0.414. The van der Waals surface area contributed by atoms with E-state index in [9.17, 15) is 4.79 Å². The quantitative estimate of drug-likeness (QED) is 0.422. The summed E-state index contributed by atoms with van der Waals surface area (Å²) < 4.78 is 5.60. The normalized spacial score (nSPS) is 10.8. The predicted octanol–water partition coefficient (Wildman–Crippen LogP) is 3.95. The van der Waals surface area contributed by atoms with Gasteiger partial charge in [0, 0.05) is 0 Å². The number of carbonyl (C=O) groups is 1. The number of carbonyl (C=O) groups excluding carboxylic acids is 1. The van der Waals surface area contributed by atoms with Crippen LogP contribution in [0.15, 0.2) is 72.8 Å². The maximum atomic E-state index is 12.4. The lowest BCUT2D eigenvalue weighted by molar-refractivity contribution is 0.0734. The van der Waals surface area contributed by atoms with E-state index in [1.165, 1.54) is 4.80 Å². The van der Waals surface area contributed by atoms with E-state index in [4.69, 9.17) is 4.74 Å². The molecule has 0 saturated heterocycles. The first-order valence-electron chi connectivity index (χ1n) is 7.91. The average Bonchev–Trinajstić information content (AvgIpc) is 3.08. The van der Waals surface area contributed by atoms with Crippen molar-refractivity contribution in [3.63, 3.8) is 0 Å². The lowest BCUT2D eigenvalue weighted by atomic mass is 10.2. The molecule has 0 amide bonds. The molecule has 5 nitrogen and oxygen atoms in total. The summed E-state index contributed by atoms with van der Waals surface area (Å²) in [4.78, 5) is 13.9. The van der Waals surface area contributed by atoms with Gasteiger partial charge in [-0.25, -0.2) is 4.79 Å². The largest absolute Gasteiger partial charge is 0.421 e. The number of hydrogen-bond acceptors (Lipinski definition) is 4. The van der Waals surface area contributed by atoms with Crippen molar-refractivity contribution in [2.75, 3.05) is 0 Å². The second-order valence-electron chi connectivity index (χ2n) is 5.70. The van der Waals surface area contributed by atoms with E-state index in [2.05, 4.69) is 10.2 Å². The fraction of sp³-hybridized carbons (Fsp3) is 0.0500. The number of fused-ring (bicyclic) bond motifs is 1. The Morgan fingerprint density at radius 3 is 2.20 bits per heavy atom. The summed E-state index contributed by atoms with van der Waals surface area (Å²) in [5.41, 5.74) is 3.71. The molecule has 0 fully saturated rings. The molecular formula is C20H15N3O2. The van der Waals surface area contributed by atoms with Crippen LogP contribution >= 0.6 is 0 Å². The molecule has 0 saturated carbocycles. The Morgan fingerprint density at radius 1 is 0.880 bits per heavy atom. The van der Waals surface area contributed by atoms with Crippen LogP contribution in [0.1, 0.15) is 15.9 Å². The molecule has 25 heavy (non-hydrogen) atoms. The van der Waals surface area contributed by atoms with Crippen molar-refractivity contribution in [1.82, 2.24) is 15.0 Å². The van der Waals surface area contributed by atoms with Gasteiger partial charge in [0.1, 0.15) is 16.7 Å². The molecule has 122 valence electrons. The highest BCUT2D eigenvalue weighted by molar-refractivity contribution is 5.91. The molecule has 3 aromatic carbocycles. The Morgan fingerprint density at radius 2 is 1.52 bits per heavy atom. The first-order chi connectivity index (χ1) is 12.2. The minimum atomic E-state index is -0.414. The standard InChI is InChI=1S/C20H15N3O2/c1-14-11-12-19(25-20(24)15-7-3-2-4-8-15)18(13-14)23-21-16-9-5-6-10-17(16)22-23/h2-13H,1H3. The first-order valence-corrected chi connectivity index (χ1v) is 7.91. The van der Waals surface area contributed by atoms with E-state index in [1.807, 2.05) is 49.4 Å². The fourth-order valence-corrected chi connectivity index (χ4v) is 2.57. The van der Waals surface area contributed by atoms with Crippen LogP contribution in [0, 0.1) is 6.92 Å². The number of hydrogen-bond donors (Lipinski definition) is 0. The zero-order chi connectivity index (χ0) is 17.2. The monoisotopic (exact) mass is 329 g/mol. The Bertz CT molecular complexity index is 1020. The number of ether oxygens (including phenoxy) is 1. The van der Waals surface area contributed by atoms with Gasteiger partial charge < -0.3 is 4.74 Å². The van der Waals surface area contributed by atoms with Crippen LogP contribution in [0.25, 0.3) is 16.7 Å². The van der Waals surface area contributed by atoms with Crippen LogP contribution < -0.4 is 4.74 Å². The van der Waals surface area contributed by atoms with Crippen molar-refractivity contribution in [2.45, 2.75) is 6.92 Å². The van der Waals surface area contributed by atoms with E-state index in [-0.39, 0.29) is 0 Å². The van der Waals surface area contributed by atoms with Gasteiger partial charge in [0.2, 0.25) is 0 Å². The smallest absolute Gasteiger partial charge is 0.343 e. The third kappa shape index (κ3) is 2.99. The summed E-state index contributed by atoms with van der Waals surface area (Å²) in [7, 11) is 0. The molecule has 0 atom stereocenters. The van der Waals surface area contributed by atoms with E-state index >= 15 is 0 Å². The highest BCUT2D eigenvalue weighted by Crippen LogP contribution is 2.25. The van der Waals surface area contributed by atoms with Crippen LogP contribution in [0.4, 0.5) is 0 Å². The van der Waals surface area contributed by atoms with Gasteiger partial charge in [-0.2, -0.15) is 0 Å². The molecule has 0 unspecified atom stereocenters. The molecule has 1 heterocycles. The molecule has 4 rings (SSSR count). The minimum Gasteiger partial charge on any atom is -0.421 e. The van der Waals surface area contributed by atoms with Gasteiger partial charge in [-0.05, 0) is 48.9 Å². The Balaban J connectivity index is 1.75. The number of nitrogens with zero attached hydrogens (tertiary/aromatic N) is 3. The number of benzene rings is 3. The summed E-state index contributed by atoms with van der Waals surface area (Å²) >= 11 is 0. The summed E-state index contributed by atoms with van der Waals surface area (Å²) in [6.07, 6.45) is 0. The second-order valence-corrected chi connectivity index (χ2v) is 5.70. The van der Waals surface area contributed by atoms with Gasteiger partial charge in [0.15, 0.2) is 5.75 Å². The highest BCUT2D eigenvalue weighted by atomic mass is 16.5. The third-order valence-electron chi connectivity index (χ3n) is 3.83. The van der Waals surface area contributed by atoms with Gasteiger partial charge in [-0.3, -0.25) is 0 Å². The Hall–Kier alpha value is -3.47. The maximum absolute atomic E-state index is 12.4. The SMILES string of the molecule is Cc1ccc(OC(=O)c2ccccc2)c(-n2nc3ccccc3n2)c1. The molecule has 0 aliphatic rings. The first kappa shape index (κ1) is 15.1. The molecule has 0 spiro atoms. The molecule has 0 radical (unpaired) electrons. The summed E-state index contributed by atoms with van der Waals surface area (Å²) in [5.74, 6) is 0.00201. The van der Waals surface area contributed by atoms with Crippen LogP contribution in [0.5, 0.6) is 5.75 Å². The topological polar surface area (TPSA) is 57.0 Å². The van der Waals surface area contributed by atoms with Gasteiger partial charge in [0.25, 0.3) is 0 Å². The van der Waals surface area contributed by atoms with Crippen molar-refractivity contribution >= 4 is 17.0 Å². The highest BCUT2D eigenvalue weighted by Gasteiger charge is 2.15. The van der Waals surface area contributed by atoms with E-state index in [0.29, 0.717) is 17.0 Å². The van der Waals surface area contributed by atoms with Crippen LogP contribution in [0.3, 0.4) is 0 Å². The number of aromatic nitrogens is 3. The number of aryl methyl sites for hydroxylation is 1. The molecule has 0 aliphatic carbocycles. The number of rotatable bonds is 3. The van der Waals surface area contributed by atoms with Gasteiger partial charge in [-0.15, -0.1) is 15.0 Å². The van der Waals surface area contributed by atoms with Crippen molar-refractivity contribution in [3.8, 4) is 11.4 Å². The molecule has 5 heteroatoms. The van der Waals surface area contributed by atoms with Crippen LogP contribution in [-0.4, -0.2) is 21.0 Å². The van der Waals surface area contributed by atoms with Gasteiger partial charge in [0.05, 0.1) is 5.56 Å². The van der Waals surface area contributed by atoms with E-state index in [1.54, 1.807) is 30.3 Å². The van der Waals surface area contributed by atoms with E-state index < -0.39 is 5.97 Å². The second kappa shape index (κ2) is 6.20. The summed E-state index contributed by atoms with van der Waals surface area (Å²) in [5, 5.41) is 8.96.